The fourth-order valence-electron chi connectivity index (χ4n) is 3.12. The first kappa shape index (κ1) is 11.6. The molecule has 1 unspecified atom stereocenters. The van der Waals surface area contributed by atoms with Gasteiger partial charge in [-0.05, 0) is 55.4 Å². The van der Waals surface area contributed by atoms with E-state index in [1.54, 1.807) is 11.1 Å². The van der Waals surface area contributed by atoms with Gasteiger partial charge in [-0.2, -0.15) is 0 Å². The van der Waals surface area contributed by atoms with Crippen LogP contribution in [0.1, 0.15) is 38.2 Å². The maximum absolute atomic E-state index is 2.47. The molecule has 0 N–H and O–H groups in total. The third kappa shape index (κ3) is 2.22. The molecule has 0 bridgehead atoms. The molecule has 1 nitrogen and oxygen atoms in total. The Hall–Kier alpha value is -1.50. The van der Waals surface area contributed by atoms with Crippen molar-refractivity contribution in [1.29, 1.82) is 0 Å². The van der Waals surface area contributed by atoms with E-state index in [0.29, 0.717) is 6.04 Å². The fourth-order valence-corrected chi connectivity index (χ4v) is 3.12. The number of hydrogen-bond donors (Lipinski definition) is 0. The number of allylic oxidation sites excluding steroid dienone is 2. The van der Waals surface area contributed by atoms with E-state index >= 15 is 0 Å². The molecule has 1 heteroatoms. The van der Waals surface area contributed by atoms with Crippen molar-refractivity contribution in [3.63, 3.8) is 0 Å². The highest BCUT2D eigenvalue weighted by atomic mass is 15.1. The van der Waals surface area contributed by atoms with Gasteiger partial charge in [-0.25, -0.2) is 0 Å². The van der Waals surface area contributed by atoms with Crippen molar-refractivity contribution in [2.45, 2.75) is 45.2 Å². The molecule has 0 radical (unpaired) electrons. The average Bonchev–Trinajstić information content (AvgIpc) is 2.43. The van der Waals surface area contributed by atoms with Crippen LogP contribution >= 0.6 is 0 Å². The van der Waals surface area contributed by atoms with E-state index < -0.39 is 0 Å². The third-order valence-electron chi connectivity index (χ3n) is 4.23. The summed E-state index contributed by atoms with van der Waals surface area (Å²) in [4.78, 5) is 2.47. The zero-order valence-electron chi connectivity index (χ0n) is 11.1. The van der Waals surface area contributed by atoms with E-state index in [4.69, 9.17) is 0 Å². The van der Waals surface area contributed by atoms with Crippen LogP contribution in [-0.2, 0) is 6.54 Å². The average molecular weight is 239 g/mol. The minimum Gasteiger partial charge on any atom is -0.367 e. The number of benzene rings is 1. The summed E-state index contributed by atoms with van der Waals surface area (Å²) in [6, 6.07) is 11.3. The maximum atomic E-state index is 2.47. The summed E-state index contributed by atoms with van der Waals surface area (Å²) in [6.07, 6.45) is 9.96. The minimum atomic E-state index is 0.575. The van der Waals surface area contributed by atoms with Gasteiger partial charge in [-0.1, -0.05) is 30.3 Å². The lowest BCUT2D eigenvalue weighted by atomic mass is 9.85. The predicted molar refractivity (Wildman–Crippen MR) is 76.1 cm³/mol. The molecule has 1 aliphatic carbocycles. The summed E-state index contributed by atoms with van der Waals surface area (Å²) in [5, 5.41) is 0. The summed E-state index contributed by atoms with van der Waals surface area (Å²) in [5.74, 6) is 0. The molecule has 0 fully saturated rings. The van der Waals surface area contributed by atoms with Gasteiger partial charge < -0.3 is 4.90 Å². The molecule has 2 aliphatic rings. The van der Waals surface area contributed by atoms with Gasteiger partial charge in [0.2, 0.25) is 0 Å². The number of rotatable bonds is 2. The second-order valence-electron chi connectivity index (χ2n) is 5.41. The van der Waals surface area contributed by atoms with Gasteiger partial charge in [-0.15, -0.1) is 0 Å². The second-order valence-corrected chi connectivity index (χ2v) is 5.41. The second kappa shape index (κ2) is 5.01. The van der Waals surface area contributed by atoms with Gasteiger partial charge in [0.25, 0.3) is 0 Å². The molecule has 1 aromatic carbocycles. The molecular formula is C17H21N. The molecule has 0 aromatic heterocycles. The standard InChI is InChI=1S/C17H21N/c1-14-17-10-6-5-9-16(17)11-12-18(14)13-15-7-3-2-4-8-15/h2-4,7-8,11-12,14H,5-6,9-10,13H2,1H3. The van der Waals surface area contributed by atoms with Crippen molar-refractivity contribution in [2.24, 2.45) is 0 Å². The van der Waals surface area contributed by atoms with Crippen LogP contribution in [0.5, 0.6) is 0 Å². The van der Waals surface area contributed by atoms with Crippen LogP contribution in [0.4, 0.5) is 0 Å². The van der Waals surface area contributed by atoms with Crippen LogP contribution in [0.15, 0.2) is 53.8 Å². The summed E-state index contributed by atoms with van der Waals surface area (Å²) < 4.78 is 0. The highest BCUT2D eigenvalue weighted by molar-refractivity contribution is 5.34. The van der Waals surface area contributed by atoms with Crippen molar-refractivity contribution in [1.82, 2.24) is 4.90 Å². The van der Waals surface area contributed by atoms with Gasteiger partial charge in [-0.3, -0.25) is 0 Å². The van der Waals surface area contributed by atoms with Crippen molar-refractivity contribution in [3.8, 4) is 0 Å². The monoisotopic (exact) mass is 239 g/mol. The lowest BCUT2D eigenvalue weighted by molar-refractivity contribution is 0.300. The van der Waals surface area contributed by atoms with E-state index in [2.05, 4.69) is 54.4 Å². The highest BCUT2D eigenvalue weighted by Gasteiger charge is 2.23. The highest BCUT2D eigenvalue weighted by Crippen LogP contribution is 2.33. The molecule has 1 heterocycles. The Kier molecular flexibility index (Phi) is 3.22. The first-order valence-corrected chi connectivity index (χ1v) is 7.04. The van der Waals surface area contributed by atoms with Crippen LogP contribution in [-0.4, -0.2) is 10.9 Å². The molecule has 1 aliphatic heterocycles. The Labute approximate surface area is 110 Å². The van der Waals surface area contributed by atoms with Gasteiger partial charge in [0, 0.05) is 18.8 Å². The summed E-state index contributed by atoms with van der Waals surface area (Å²) in [7, 11) is 0. The summed E-state index contributed by atoms with van der Waals surface area (Å²) >= 11 is 0. The predicted octanol–water partition coefficient (Wildman–Crippen LogP) is 4.28. The largest absolute Gasteiger partial charge is 0.367 e. The number of nitrogens with zero attached hydrogens (tertiary/aromatic N) is 1. The Morgan fingerprint density at radius 3 is 2.72 bits per heavy atom. The zero-order valence-corrected chi connectivity index (χ0v) is 11.1. The first-order chi connectivity index (χ1) is 8.84. The topological polar surface area (TPSA) is 3.24 Å². The Morgan fingerprint density at radius 2 is 1.89 bits per heavy atom. The van der Waals surface area contributed by atoms with Gasteiger partial charge >= 0.3 is 0 Å². The molecule has 0 amide bonds. The van der Waals surface area contributed by atoms with Crippen LogP contribution in [0.25, 0.3) is 0 Å². The van der Waals surface area contributed by atoms with Gasteiger partial charge in [0.15, 0.2) is 0 Å². The Morgan fingerprint density at radius 1 is 1.11 bits per heavy atom. The molecule has 0 saturated carbocycles. The van der Waals surface area contributed by atoms with E-state index in [-0.39, 0.29) is 0 Å². The van der Waals surface area contributed by atoms with E-state index in [1.165, 1.54) is 31.2 Å². The molecular weight excluding hydrogens is 218 g/mol. The van der Waals surface area contributed by atoms with Crippen molar-refractivity contribution in [3.05, 3.63) is 59.3 Å². The van der Waals surface area contributed by atoms with E-state index in [0.717, 1.165) is 6.54 Å². The smallest absolute Gasteiger partial charge is 0.0478 e. The quantitative estimate of drug-likeness (QED) is 0.744. The van der Waals surface area contributed by atoms with Crippen LogP contribution < -0.4 is 0 Å². The molecule has 0 saturated heterocycles. The SMILES string of the molecule is CC1C2=C(C=CN1Cc1ccccc1)CCCC2. The summed E-state index contributed by atoms with van der Waals surface area (Å²) in [6.45, 7) is 3.38. The Bertz CT molecular complexity index is 470. The lowest BCUT2D eigenvalue weighted by Gasteiger charge is -2.36. The maximum Gasteiger partial charge on any atom is 0.0478 e. The van der Waals surface area contributed by atoms with Crippen molar-refractivity contribution >= 4 is 0 Å². The minimum absolute atomic E-state index is 0.575. The first-order valence-electron chi connectivity index (χ1n) is 7.04. The number of hydrogen-bond acceptors (Lipinski definition) is 1. The van der Waals surface area contributed by atoms with Crippen LogP contribution in [0.3, 0.4) is 0 Å². The molecule has 18 heavy (non-hydrogen) atoms. The van der Waals surface area contributed by atoms with Gasteiger partial charge in [0.05, 0.1) is 0 Å². The molecule has 1 atom stereocenters. The molecule has 3 rings (SSSR count). The normalized spacial score (nSPS) is 23.2. The van der Waals surface area contributed by atoms with Gasteiger partial charge in [0.1, 0.15) is 0 Å². The van der Waals surface area contributed by atoms with Crippen LogP contribution in [0, 0.1) is 0 Å². The van der Waals surface area contributed by atoms with E-state index in [1.807, 2.05) is 0 Å². The zero-order chi connectivity index (χ0) is 12.4. The Balaban J connectivity index is 1.76. The van der Waals surface area contributed by atoms with Crippen molar-refractivity contribution in [2.75, 3.05) is 0 Å². The molecule has 0 spiro atoms. The molecule has 94 valence electrons. The van der Waals surface area contributed by atoms with Crippen LogP contribution in [0.2, 0.25) is 0 Å². The van der Waals surface area contributed by atoms with Crippen molar-refractivity contribution < 1.29 is 0 Å². The molecule has 1 aromatic rings. The third-order valence-corrected chi connectivity index (χ3v) is 4.23. The lowest BCUT2D eigenvalue weighted by Crippen LogP contribution is -2.33. The summed E-state index contributed by atoms with van der Waals surface area (Å²) in [5.41, 5.74) is 4.69. The van der Waals surface area contributed by atoms with E-state index in [9.17, 15) is 0 Å². The fraction of sp³-hybridized carbons (Fsp3) is 0.412.